The standard InChI is InChI=1S/C17H22FNO4S/c1-23-8-7-19(14-6-9-24(21,22)11-14)17(20)16-10-15(16)12-2-4-13(18)5-3-12/h2-5,14-16H,6-11H2,1H3. The van der Waals surface area contributed by atoms with Crippen LogP contribution in [0.2, 0.25) is 0 Å². The Balaban J connectivity index is 1.69. The Bertz CT molecular complexity index is 704. The topological polar surface area (TPSA) is 63.7 Å². The van der Waals surface area contributed by atoms with Crippen LogP contribution in [0.1, 0.15) is 24.3 Å². The number of carbonyl (C=O) groups is 1. The Morgan fingerprint density at radius 1 is 1.33 bits per heavy atom. The van der Waals surface area contributed by atoms with E-state index >= 15 is 0 Å². The quantitative estimate of drug-likeness (QED) is 0.777. The highest BCUT2D eigenvalue weighted by atomic mass is 32.2. The molecule has 5 nitrogen and oxygen atoms in total. The lowest BCUT2D eigenvalue weighted by atomic mass is 10.1. The molecule has 0 radical (unpaired) electrons. The number of hydrogen-bond donors (Lipinski definition) is 0. The number of sulfone groups is 1. The van der Waals surface area contributed by atoms with Crippen molar-refractivity contribution in [2.75, 3.05) is 31.8 Å². The van der Waals surface area contributed by atoms with Gasteiger partial charge in [0.25, 0.3) is 0 Å². The number of carbonyl (C=O) groups excluding carboxylic acids is 1. The molecule has 0 spiro atoms. The normalized spacial score (nSPS) is 27.8. The van der Waals surface area contributed by atoms with Crippen LogP contribution in [0.3, 0.4) is 0 Å². The highest BCUT2D eigenvalue weighted by Crippen LogP contribution is 2.48. The first-order valence-corrected chi connectivity index (χ1v) is 9.99. The molecule has 1 saturated heterocycles. The molecule has 1 heterocycles. The molecule has 7 heteroatoms. The first kappa shape index (κ1) is 17.4. The number of halogens is 1. The van der Waals surface area contributed by atoms with E-state index in [9.17, 15) is 17.6 Å². The SMILES string of the molecule is COCCN(C(=O)C1CC1c1ccc(F)cc1)C1CCS(=O)(=O)C1. The number of rotatable bonds is 6. The summed E-state index contributed by atoms with van der Waals surface area (Å²) in [5.74, 6) is -0.169. The van der Waals surface area contributed by atoms with Gasteiger partial charge in [0.05, 0.1) is 18.1 Å². The molecule has 0 bridgehead atoms. The molecule has 3 unspecified atom stereocenters. The predicted octanol–water partition coefficient (Wildman–Crippen LogP) is 1.59. The van der Waals surface area contributed by atoms with Crippen LogP contribution in [0.4, 0.5) is 4.39 Å². The van der Waals surface area contributed by atoms with Crippen molar-refractivity contribution < 1.29 is 22.3 Å². The number of ether oxygens (including phenoxy) is 1. The third-order valence-corrected chi connectivity index (χ3v) is 6.62. The van der Waals surface area contributed by atoms with Crippen molar-refractivity contribution in [1.29, 1.82) is 0 Å². The molecule has 24 heavy (non-hydrogen) atoms. The van der Waals surface area contributed by atoms with E-state index < -0.39 is 9.84 Å². The maximum atomic E-state index is 13.0. The Kier molecular flexibility index (Phi) is 4.92. The zero-order valence-corrected chi connectivity index (χ0v) is 14.5. The third-order valence-electron chi connectivity index (χ3n) is 4.87. The lowest BCUT2D eigenvalue weighted by Gasteiger charge is -2.28. The van der Waals surface area contributed by atoms with Crippen LogP contribution >= 0.6 is 0 Å². The van der Waals surface area contributed by atoms with Gasteiger partial charge in [-0.3, -0.25) is 4.79 Å². The fraction of sp³-hybridized carbons (Fsp3) is 0.588. The van der Waals surface area contributed by atoms with E-state index in [-0.39, 0.29) is 41.1 Å². The molecule has 1 aliphatic carbocycles. The molecule has 0 N–H and O–H groups in total. The van der Waals surface area contributed by atoms with E-state index in [0.717, 1.165) is 12.0 Å². The van der Waals surface area contributed by atoms with Crippen molar-refractivity contribution in [2.24, 2.45) is 5.92 Å². The summed E-state index contributed by atoms with van der Waals surface area (Å²) in [6, 6.07) is 5.98. The van der Waals surface area contributed by atoms with Crippen molar-refractivity contribution >= 4 is 15.7 Å². The largest absolute Gasteiger partial charge is 0.383 e. The van der Waals surface area contributed by atoms with E-state index in [1.54, 1.807) is 24.1 Å². The minimum Gasteiger partial charge on any atom is -0.383 e. The van der Waals surface area contributed by atoms with Gasteiger partial charge >= 0.3 is 0 Å². The molecule has 0 aromatic heterocycles. The Hall–Kier alpha value is -1.47. The molecule has 3 rings (SSSR count). The summed E-state index contributed by atoms with van der Waals surface area (Å²) in [6.45, 7) is 0.790. The Morgan fingerprint density at radius 2 is 2.04 bits per heavy atom. The molecule has 1 aromatic rings. The molecule has 1 saturated carbocycles. The zero-order valence-electron chi connectivity index (χ0n) is 13.7. The van der Waals surface area contributed by atoms with Crippen molar-refractivity contribution in [3.63, 3.8) is 0 Å². The monoisotopic (exact) mass is 355 g/mol. The molecule has 2 aliphatic rings. The highest BCUT2D eigenvalue weighted by Gasteiger charge is 2.47. The fourth-order valence-corrected chi connectivity index (χ4v) is 5.17. The van der Waals surface area contributed by atoms with Crippen LogP contribution < -0.4 is 0 Å². The number of amides is 1. The van der Waals surface area contributed by atoms with Crippen LogP contribution in [0.15, 0.2) is 24.3 Å². The van der Waals surface area contributed by atoms with E-state index in [2.05, 4.69) is 0 Å². The smallest absolute Gasteiger partial charge is 0.226 e. The van der Waals surface area contributed by atoms with E-state index in [1.807, 2.05) is 0 Å². The lowest BCUT2D eigenvalue weighted by molar-refractivity contribution is -0.135. The summed E-state index contributed by atoms with van der Waals surface area (Å²) in [7, 11) is -1.49. The van der Waals surface area contributed by atoms with Crippen LogP contribution in [0.25, 0.3) is 0 Å². The van der Waals surface area contributed by atoms with Crippen LogP contribution in [-0.2, 0) is 19.4 Å². The minimum atomic E-state index is -3.05. The number of nitrogens with zero attached hydrogens (tertiary/aromatic N) is 1. The second-order valence-corrected chi connectivity index (χ2v) is 8.81. The molecule has 2 fully saturated rings. The van der Waals surface area contributed by atoms with Gasteiger partial charge in [0, 0.05) is 25.6 Å². The molecule has 1 amide bonds. The second kappa shape index (κ2) is 6.80. The van der Waals surface area contributed by atoms with Gasteiger partial charge in [-0.05, 0) is 36.5 Å². The number of benzene rings is 1. The van der Waals surface area contributed by atoms with Crippen LogP contribution in [0.5, 0.6) is 0 Å². The molecule has 3 atom stereocenters. The summed E-state index contributed by atoms with van der Waals surface area (Å²) in [5, 5.41) is 0. The van der Waals surface area contributed by atoms with Gasteiger partial charge < -0.3 is 9.64 Å². The van der Waals surface area contributed by atoms with Crippen LogP contribution in [-0.4, -0.2) is 57.0 Å². The minimum absolute atomic E-state index is 0.0107. The Morgan fingerprint density at radius 3 is 2.62 bits per heavy atom. The summed E-state index contributed by atoms with van der Waals surface area (Å²) >= 11 is 0. The molecular weight excluding hydrogens is 333 g/mol. The van der Waals surface area contributed by atoms with Gasteiger partial charge in [-0.1, -0.05) is 12.1 Å². The predicted molar refractivity (Wildman–Crippen MR) is 87.9 cm³/mol. The summed E-state index contributed by atoms with van der Waals surface area (Å²) in [5.41, 5.74) is 0.959. The number of hydrogen-bond acceptors (Lipinski definition) is 4. The van der Waals surface area contributed by atoms with E-state index in [4.69, 9.17) is 4.74 Å². The molecular formula is C17H22FNO4S. The van der Waals surface area contributed by atoms with Gasteiger partial charge in [-0.15, -0.1) is 0 Å². The van der Waals surface area contributed by atoms with Gasteiger partial charge in [-0.2, -0.15) is 0 Å². The number of methoxy groups -OCH3 is 1. The summed E-state index contributed by atoms with van der Waals surface area (Å²) in [4.78, 5) is 14.5. The Labute approximate surface area is 141 Å². The van der Waals surface area contributed by atoms with Crippen molar-refractivity contribution in [3.05, 3.63) is 35.6 Å². The van der Waals surface area contributed by atoms with Crippen molar-refractivity contribution in [1.82, 2.24) is 4.90 Å². The van der Waals surface area contributed by atoms with E-state index in [1.165, 1.54) is 12.1 Å². The first-order valence-electron chi connectivity index (χ1n) is 8.16. The maximum Gasteiger partial charge on any atom is 0.226 e. The lowest BCUT2D eigenvalue weighted by Crippen LogP contribution is -2.44. The zero-order chi connectivity index (χ0) is 17.3. The summed E-state index contributed by atoms with van der Waals surface area (Å²) < 4.78 is 41.6. The van der Waals surface area contributed by atoms with Crippen molar-refractivity contribution in [3.8, 4) is 0 Å². The van der Waals surface area contributed by atoms with Gasteiger partial charge in [0.1, 0.15) is 5.82 Å². The average Bonchev–Trinajstić information content (AvgIpc) is 3.26. The summed E-state index contributed by atoms with van der Waals surface area (Å²) in [6.07, 6.45) is 1.22. The van der Waals surface area contributed by atoms with Gasteiger partial charge in [0.15, 0.2) is 9.84 Å². The third kappa shape index (κ3) is 3.78. The van der Waals surface area contributed by atoms with E-state index in [0.29, 0.717) is 19.6 Å². The first-order chi connectivity index (χ1) is 11.4. The maximum absolute atomic E-state index is 13.0. The molecule has 1 aromatic carbocycles. The fourth-order valence-electron chi connectivity index (χ4n) is 3.44. The molecule has 1 aliphatic heterocycles. The molecule has 132 valence electrons. The van der Waals surface area contributed by atoms with Gasteiger partial charge in [0.2, 0.25) is 5.91 Å². The second-order valence-electron chi connectivity index (χ2n) is 6.58. The van der Waals surface area contributed by atoms with Crippen LogP contribution in [0, 0.1) is 11.7 Å². The highest BCUT2D eigenvalue weighted by molar-refractivity contribution is 7.91. The average molecular weight is 355 g/mol. The van der Waals surface area contributed by atoms with Crippen molar-refractivity contribution in [2.45, 2.75) is 24.8 Å². The van der Waals surface area contributed by atoms with Gasteiger partial charge in [-0.25, -0.2) is 12.8 Å².